The molecule has 0 bridgehead atoms. The molecule has 1 amide bonds. The molecule has 2 saturated heterocycles. The minimum Gasteiger partial charge on any atom is -0.457 e. The van der Waals surface area contributed by atoms with Crippen LogP contribution >= 0.6 is 0 Å². The maximum absolute atomic E-state index is 15.2. The van der Waals surface area contributed by atoms with Gasteiger partial charge in [0, 0.05) is 62.6 Å². The summed E-state index contributed by atoms with van der Waals surface area (Å²) in [6, 6.07) is 15.8. The number of amides is 1. The van der Waals surface area contributed by atoms with Crippen molar-refractivity contribution >= 4 is 11.6 Å². The number of hydrogen-bond acceptors (Lipinski definition) is 7. The van der Waals surface area contributed by atoms with Crippen molar-refractivity contribution in [1.82, 2.24) is 24.5 Å². The molecule has 2 aliphatic heterocycles. The van der Waals surface area contributed by atoms with Crippen LogP contribution in [0.4, 0.5) is 10.1 Å². The highest BCUT2D eigenvalue weighted by atomic mass is 19.1. The zero-order valence-electron chi connectivity index (χ0n) is 24.5. The zero-order chi connectivity index (χ0) is 29.9. The number of nitrogens with zero attached hydrogens (tertiary/aromatic N) is 6. The summed E-state index contributed by atoms with van der Waals surface area (Å²) < 4.78 is 22.6. The number of halogens is 1. The third kappa shape index (κ3) is 6.48. The Morgan fingerprint density at radius 3 is 2.55 bits per heavy atom. The minimum atomic E-state index is -0.493. The maximum atomic E-state index is 15.2. The molecule has 0 radical (unpaired) electrons. The second-order valence-electron chi connectivity index (χ2n) is 11.6. The number of hydrogen-bond donors (Lipinski definition) is 1. The lowest BCUT2D eigenvalue weighted by atomic mass is 9.96. The van der Waals surface area contributed by atoms with Crippen molar-refractivity contribution in [1.29, 1.82) is 5.26 Å². The lowest BCUT2D eigenvalue weighted by Crippen LogP contribution is -2.53. The topological polar surface area (TPSA) is 104 Å². The first-order valence-corrected chi connectivity index (χ1v) is 14.4. The van der Waals surface area contributed by atoms with Crippen LogP contribution in [-0.4, -0.2) is 82.2 Å². The fourth-order valence-corrected chi connectivity index (χ4v) is 5.67. The zero-order valence-corrected chi connectivity index (χ0v) is 24.5. The van der Waals surface area contributed by atoms with E-state index in [9.17, 15) is 10.1 Å². The number of ether oxygens (including phenoxy) is 1. The number of nitrogen functional groups attached to an aromatic ring is 1. The van der Waals surface area contributed by atoms with Gasteiger partial charge in [0.15, 0.2) is 0 Å². The van der Waals surface area contributed by atoms with Crippen molar-refractivity contribution in [2.24, 2.45) is 0 Å². The Hall–Kier alpha value is -4.20. The van der Waals surface area contributed by atoms with Gasteiger partial charge in [-0.3, -0.25) is 14.4 Å². The molecule has 2 N–H and O–H groups in total. The fourth-order valence-electron chi connectivity index (χ4n) is 5.67. The van der Waals surface area contributed by atoms with Crippen LogP contribution < -0.4 is 10.5 Å². The van der Waals surface area contributed by atoms with E-state index >= 15 is 4.39 Å². The molecule has 3 heterocycles. The van der Waals surface area contributed by atoms with Gasteiger partial charge in [-0.2, -0.15) is 10.4 Å². The lowest BCUT2D eigenvalue weighted by Gasteiger charge is -2.42. The highest BCUT2D eigenvalue weighted by Gasteiger charge is 2.32. The number of para-hydroxylation sites is 1. The Morgan fingerprint density at radius 2 is 1.86 bits per heavy atom. The van der Waals surface area contributed by atoms with E-state index in [0.29, 0.717) is 36.0 Å². The van der Waals surface area contributed by atoms with Gasteiger partial charge in [0.05, 0.1) is 11.7 Å². The number of nitrogens with two attached hydrogens (primary N) is 1. The monoisotopic (exact) mass is 571 g/mol. The molecule has 5 rings (SSSR count). The van der Waals surface area contributed by atoms with Gasteiger partial charge in [-0.15, -0.1) is 0 Å². The number of likely N-dealkylation sites (tertiary alicyclic amines) is 1. The molecule has 0 saturated carbocycles. The standard InChI is InChI=1S/C32H38FN7O2/c1-32(2,39-16-14-37(3)15-17-39)19-23(20-34)31(41)38-13-7-8-24(21-38)40-22-29(35)30(36-40)27-12-11-26(18-28(27)33)42-25-9-5-4-6-10-25/h4-6,9-12,18-19,22,24H,7-8,13-17,21,35H2,1-3H3/t24-/m1/s1. The molecule has 2 fully saturated rings. The maximum Gasteiger partial charge on any atom is 0.264 e. The SMILES string of the molecule is CN1CCN(C(C)(C)C=C(C#N)C(=O)N2CCC[C@@H](n3cc(N)c(-c4ccc(Oc5ccccc5)cc4F)n3)C2)CC1. The summed E-state index contributed by atoms with van der Waals surface area (Å²) in [6.07, 6.45) is 5.04. The molecule has 3 aromatic rings. The van der Waals surface area contributed by atoms with Gasteiger partial charge in [-0.05, 0) is 64.1 Å². The van der Waals surface area contributed by atoms with Crippen molar-refractivity contribution in [2.45, 2.75) is 38.3 Å². The van der Waals surface area contributed by atoms with Crippen LogP contribution in [0.25, 0.3) is 11.3 Å². The summed E-state index contributed by atoms with van der Waals surface area (Å²) in [5.74, 6) is 0.221. The predicted molar refractivity (Wildman–Crippen MR) is 160 cm³/mol. The number of anilines is 1. The molecule has 10 heteroatoms. The van der Waals surface area contributed by atoms with E-state index in [1.54, 1.807) is 40.0 Å². The van der Waals surface area contributed by atoms with E-state index in [1.807, 2.05) is 24.3 Å². The number of piperidine rings is 1. The van der Waals surface area contributed by atoms with Crippen molar-refractivity contribution in [3.63, 3.8) is 0 Å². The molecule has 0 aliphatic carbocycles. The van der Waals surface area contributed by atoms with E-state index in [0.717, 1.165) is 39.0 Å². The number of likely N-dealkylation sites (N-methyl/N-ethyl adjacent to an activating group) is 1. The van der Waals surface area contributed by atoms with Crippen molar-refractivity contribution < 1.29 is 13.9 Å². The number of carbonyl (C=O) groups excluding carboxylic acids is 1. The molecule has 0 unspecified atom stereocenters. The second kappa shape index (κ2) is 12.3. The Balaban J connectivity index is 1.29. The third-order valence-electron chi connectivity index (χ3n) is 8.16. The van der Waals surface area contributed by atoms with E-state index in [-0.39, 0.29) is 23.1 Å². The van der Waals surface area contributed by atoms with Crippen molar-refractivity contribution in [3.8, 4) is 28.8 Å². The van der Waals surface area contributed by atoms with Gasteiger partial charge in [0.2, 0.25) is 0 Å². The predicted octanol–water partition coefficient (Wildman–Crippen LogP) is 4.70. The first-order valence-electron chi connectivity index (χ1n) is 14.4. The molecule has 0 spiro atoms. The minimum absolute atomic E-state index is 0.145. The van der Waals surface area contributed by atoms with Gasteiger partial charge < -0.3 is 20.3 Å². The van der Waals surface area contributed by atoms with Gasteiger partial charge in [-0.25, -0.2) is 4.39 Å². The summed E-state index contributed by atoms with van der Waals surface area (Å²) in [5.41, 5.74) is 7.00. The Labute approximate surface area is 246 Å². The number of nitriles is 1. The third-order valence-corrected chi connectivity index (χ3v) is 8.16. The van der Waals surface area contributed by atoms with Crippen LogP contribution in [0.5, 0.6) is 11.5 Å². The van der Waals surface area contributed by atoms with Crippen molar-refractivity contribution in [2.75, 3.05) is 52.0 Å². The first kappa shape index (κ1) is 29.3. The summed E-state index contributed by atoms with van der Waals surface area (Å²) in [6.45, 7) is 8.71. The Morgan fingerprint density at radius 1 is 1.12 bits per heavy atom. The number of carbonyl (C=O) groups is 1. The largest absolute Gasteiger partial charge is 0.457 e. The Kier molecular flexibility index (Phi) is 8.61. The lowest BCUT2D eigenvalue weighted by molar-refractivity contribution is -0.128. The summed E-state index contributed by atoms with van der Waals surface area (Å²) in [7, 11) is 2.10. The number of rotatable bonds is 7. The number of piperazine rings is 1. The van der Waals surface area contributed by atoms with Crippen LogP contribution in [-0.2, 0) is 4.79 Å². The molecule has 42 heavy (non-hydrogen) atoms. The van der Waals surface area contributed by atoms with Crippen LogP contribution in [0.3, 0.4) is 0 Å². The van der Waals surface area contributed by atoms with Gasteiger partial charge in [0.1, 0.15) is 34.7 Å². The van der Waals surface area contributed by atoms with Crippen LogP contribution in [0, 0.1) is 17.1 Å². The Bertz CT molecular complexity index is 1490. The fraction of sp³-hybridized carbons (Fsp3) is 0.406. The molecule has 2 aromatic carbocycles. The molecule has 1 aromatic heterocycles. The summed E-state index contributed by atoms with van der Waals surface area (Å²) in [5, 5.41) is 14.6. The van der Waals surface area contributed by atoms with Crippen LogP contribution in [0.2, 0.25) is 0 Å². The van der Waals surface area contributed by atoms with E-state index < -0.39 is 11.4 Å². The summed E-state index contributed by atoms with van der Waals surface area (Å²) in [4.78, 5) is 19.8. The average Bonchev–Trinajstić information content (AvgIpc) is 3.37. The van der Waals surface area contributed by atoms with E-state index in [4.69, 9.17) is 10.5 Å². The average molecular weight is 572 g/mol. The summed E-state index contributed by atoms with van der Waals surface area (Å²) >= 11 is 0. The van der Waals surface area contributed by atoms with Crippen LogP contribution in [0.15, 0.2) is 66.4 Å². The van der Waals surface area contributed by atoms with Gasteiger partial charge >= 0.3 is 0 Å². The molecule has 2 aliphatic rings. The highest BCUT2D eigenvalue weighted by Crippen LogP contribution is 2.33. The number of aromatic nitrogens is 2. The van der Waals surface area contributed by atoms with Crippen molar-refractivity contribution in [3.05, 3.63) is 72.2 Å². The quantitative estimate of drug-likeness (QED) is 0.324. The van der Waals surface area contributed by atoms with E-state index in [2.05, 4.69) is 41.9 Å². The highest BCUT2D eigenvalue weighted by molar-refractivity contribution is 5.97. The first-order chi connectivity index (χ1) is 20.1. The van der Waals surface area contributed by atoms with Gasteiger partial charge in [-0.1, -0.05) is 18.2 Å². The molecule has 1 atom stereocenters. The second-order valence-corrected chi connectivity index (χ2v) is 11.6. The normalized spacial score (nSPS) is 19.0. The van der Waals surface area contributed by atoms with Crippen LogP contribution in [0.1, 0.15) is 32.7 Å². The molecular weight excluding hydrogens is 533 g/mol. The molecule has 220 valence electrons. The number of benzene rings is 2. The smallest absolute Gasteiger partial charge is 0.264 e. The van der Waals surface area contributed by atoms with Gasteiger partial charge in [0.25, 0.3) is 5.91 Å². The molecular formula is C32H38FN7O2. The molecule has 9 nitrogen and oxygen atoms in total. The van der Waals surface area contributed by atoms with E-state index in [1.165, 1.54) is 6.07 Å².